The number of aldehydes is 2. The molecular weight excluding hydrogens is 348 g/mol. The Kier molecular flexibility index (Phi) is 7.60. The van der Waals surface area contributed by atoms with Gasteiger partial charge in [0, 0.05) is 11.1 Å². The standard InChI is InChI=1S/C11H12O3.C10H10O3/c1-7-4-9(11(13)14-3)5-8(2)10(7)6-12;1-6-3-8(10(12)13)4-7(2)9(6)5-11/h4-6H,1-3H3;3-5H,1-2H3,(H,12,13). The number of carboxylic acids is 1. The highest BCUT2D eigenvalue weighted by Crippen LogP contribution is 2.16. The summed E-state index contributed by atoms with van der Waals surface area (Å²) < 4.78 is 4.59. The van der Waals surface area contributed by atoms with Gasteiger partial charge in [0.1, 0.15) is 0 Å². The quantitative estimate of drug-likeness (QED) is 0.651. The predicted molar refractivity (Wildman–Crippen MR) is 101 cm³/mol. The number of hydrogen-bond donors (Lipinski definition) is 1. The Morgan fingerprint density at radius 1 is 0.778 bits per heavy atom. The Morgan fingerprint density at radius 3 is 1.37 bits per heavy atom. The van der Waals surface area contributed by atoms with Crippen LogP contribution in [0.5, 0.6) is 0 Å². The molecule has 0 radical (unpaired) electrons. The molecule has 0 amide bonds. The highest BCUT2D eigenvalue weighted by molar-refractivity contribution is 5.92. The largest absolute Gasteiger partial charge is 0.478 e. The van der Waals surface area contributed by atoms with Gasteiger partial charge in [-0.2, -0.15) is 0 Å². The molecule has 0 bridgehead atoms. The number of ether oxygens (including phenoxy) is 1. The molecular formula is C21H22O6. The van der Waals surface area contributed by atoms with E-state index >= 15 is 0 Å². The number of aromatic carboxylic acids is 1. The van der Waals surface area contributed by atoms with Crippen LogP contribution >= 0.6 is 0 Å². The lowest BCUT2D eigenvalue weighted by Crippen LogP contribution is -2.04. The van der Waals surface area contributed by atoms with Crippen LogP contribution in [0.15, 0.2) is 24.3 Å². The van der Waals surface area contributed by atoms with Gasteiger partial charge in [0.05, 0.1) is 18.2 Å². The first-order valence-electron chi connectivity index (χ1n) is 8.10. The number of hydrogen-bond acceptors (Lipinski definition) is 5. The Bertz CT molecular complexity index is 850. The number of methoxy groups -OCH3 is 1. The van der Waals surface area contributed by atoms with Crippen molar-refractivity contribution in [1.29, 1.82) is 0 Å². The van der Waals surface area contributed by atoms with Crippen molar-refractivity contribution in [3.63, 3.8) is 0 Å². The monoisotopic (exact) mass is 370 g/mol. The lowest BCUT2D eigenvalue weighted by Gasteiger charge is -2.06. The van der Waals surface area contributed by atoms with Gasteiger partial charge in [-0.3, -0.25) is 9.59 Å². The summed E-state index contributed by atoms with van der Waals surface area (Å²) in [5.41, 5.74) is 4.90. The van der Waals surface area contributed by atoms with Gasteiger partial charge in [0.2, 0.25) is 0 Å². The smallest absolute Gasteiger partial charge is 0.337 e. The number of carboxylic acid groups (broad SMARTS) is 1. The van der Waals surface area contributed by atoms with Crippen molar-refractivity contribution in [2.75, 3.05) is 7.11 Å². The van der Waals surface area contributed by atoms with E-state index in [9.17, 15) is 19.2 Å². The van der Waals surface area contributed by atoms with E-state index in [1.165, 1.54) is 19.2 Å². The Balaban J connectivity index is 0.000000271. The highest BCUT2D eigenvalue weighted by Gasteiger charge is 2.10. The molecule has 0 heterocycles. The normalized spacial score (nSPS) is 9.67. The summed E-state index contributed by atoms with van der Waals surface area (Å²) in [5.74, 6) is -1.35. The maximum atomic E-state index is 11.2. The van der Waals surface area contributed by atoms with E-state index < -0.39 is 5.97 Å². The van der Waals surface area contributed by atoms with Crippen LogP contribution in [0.25, 0.3) is 0 Å². The van der Waals surface area contributed by atoms with Gasteiger partial charge in [-0.1, -0.05) is 0 Å². The second-order valence-electron chi connectivity index (χ2n) is 6.08. The van der Waals surface area contributed by atoms with E-state index in [2.05, 4.69) is 4.74 Å². The number of esters is 1. The summed E-state index contributed by atoms with van der Waals surface area (Å²) in [4.78, 5) is 43.1. The molecule has 2 aromatic rings. The molecule has 0 aliphatic carbocycles. The Morgan fingerprint density at radius 2 is 1.11 bits per heavy atom. The van der Waals surface area contributed by atoms with Crippen LogP contribution < -0.4 is 0 Å². The predicted octanol–water partition coefficient (Wildman–Crippen LogP) is 3.72. The Hall–Kier alpha value is -3.28. The number of rotatable bonds is 4. The van der Waals surface area contributed by atoms with E-state index in [0.717, 1.165) is 23.7 Å². The van der Waals surface area contributed by atoms with Crippen LogP contribution in [0.2, 0.25) is 0 Å². The molecule has 6 nitrogen and oxygen atoms in total. The van der Waals surface area contributed by atoms with Crippen LogP contribution in [0, 0.1) is 27.7 Å². The molecule has 0 fully saturated rings. The van der Waals surface area contributed by atoms with Crippen LogP contribution in [0.1, 0.15) is 63.7 Å². The van der Waals surface area contributed by atoms with Crippen molar-refractivity contribution in [3.05, 3.63) is 68.8 Å². The number of carbonyl (C=O) groups is 4. The van der Waals surface area contributed by atoms with Gasteiger partial charge < -0.3 is 9.84 Å². The van der Waals surface area contributed by atoms with E-state index in [0.29, 0.717) is 27.8 Å². The van der Waals surface area contributed by atoms with E-state index in [4.69, 9.17) is 5.11 Å². The Labute approximate surface area is 157 Å². The molecule has 142 valence electrons. The molecule has 1 N–H and O–H groups in total. The fraction of sp³-hybridized carbons (Fsp3) is 0.238. The summed E-state index contributed by atoms with van der Waals surface area (Å²) in [6, 6.07) is 6.31. The van der Waals surface area contributed by atoms with Gasteiger partial charge in [-0.05, 0) is 74.2 Å². The summed E-state index contributed by atoms with van der Waals surface area (Å²) >= 11 is 0. The molecule has 2 rings (SSSR count). The van der Waals surface area contributed by atoms with Gasteiger partial charge in [0.25, 0.3) is 0 Å². The number of carbonyl (C=O) groups excluding carboxylic acids is 3. The molecule has 6 heteroatoms. The van der Waals surface area contributed by atoms with Gasteiger partial charge in [-0.15, -0.1) is 0 Å². The van der Waals surface area contributed by atoms with Crippen molar-refractivity contribution in [2.45, 2.75) is 27.7 Å². The number of aryl methyl sites for hydroxylation is 4. The van der Waals surface area contributed by atoms with Gasteiger partial charge >= 0.3 is 11.9 Å². The molecule has 0 aliphatic rings. The maximum Gasteiger partial charge on any atom is 0.337 e. The molecule has 27 heavy (non-hydrogen) atoms. The first kappa shape index (κ1) is 21.8. The third-order valence-electron chi connectivity index (χ3n) is 4.09. The fourth-order valence-electron chi connectivity index (χ4n) is 2.68. The van der Waals surface area contributed by atoms with Crippen molar-refractivity contribution in [2.24, 2.45) is 0 Å². The third-order valence-corrected chi connectivity index (χ3v) is 4.09. The zero-order valence-electron chi connectivity index (χ0n) is 16.0. The summed E-state index contributed by atoms with van der Waals surface area (Å²) in [6.07, 6.45) is 1.54. The summed E-state index contributed by atoms with van der Waals surface area (Å²) in [6.45, 7) is 7.04. The zero-order chi connectivity index (χ0) is 20.7. The topological polar surface area (TPSA) is 97.7 Å². The van der Waals surface area contributed by atoms with Gasteiger partial charge in [0.15, 0.2) is 12.6 Å². The van der Waals surface area contributed by atoms with E-state index in [1.54, 1.807) is 39.8 Å². The van der Waals surface area contributed by atoms with Crippen LogP contribution in [0.3, 0.4) is 0 Å². The average molecular weight is 370 g/mol. The summed E-state index contributed by atoms with van der Waals surface area (Å²) in [7, 11) is 1.33. The molecule has 0 spiro atoms. The molecule has 0 unspecified atom stereocenters. The van der Waals surface area contributed by atoms with E-state index in [-0.39, 0.29) is 11.5 Å². The fourth-order valence-corrected chi connectivity index (χ4v) is 2.68. The third kappa shape index (κ3) is 5.34. The van der Waals surface area contributed by atoms with Crippen molar-refractivity contribution in [1.82, 2.24) is 0 Å². The molecule has 0 aromatic heterocycles. The molecule has 0 saturated heterocycles. The first-order valence-corrected chi connectivity index (χ1v) is 8.10. The zero-order valence-corrected chi connectivity index (χ0v) is 16.0. The lowest BCUT2D eigenvalue weighted by molar-refractivity contribution is 0.0599. The minimum Gasteiger partial charge on any atom is -0.478 e. The minimum atomic E-state index is -0.969. The average Bonchev–Trinajstić information content (AvgIpc) is 2.60. The second-order valence-corrected chi connectivity index (χ2v) is 6.08. The van der Waals surface area contributed by atoms with E-state index in [1.807, 2.05) is 0 Å². The number of benzene rings is 2. The summed E-state index contributed by atoms with van der Waals surface area (Å²) in [5, 5.41) is 8.71. The molecule has 0 aliphatic heterocycles. The second kappa shape index (κ2) is 9.43. The van der Waals surface area contributed by atoms with Crippen LogP contribution in [0.4, 0.5) is 0 Å². The molecule has 0 saturated carbocycles. The first-order chi connectivity index (χ1) is 12.7. The highest BCUT2D eigenvalue weighted by atomic mass is 16.5. The lowest BCUT2D eigenvalue weighted by atomic mass is 10.0. The van der Waals surface area contributed by atoms with Crippen LogP contribution in [-0.4, -0.2) is 36.7 Å². The maximum absolute atomic E-state index is 11.2. The van der Waals surface area contributed by atoms with Crippen molar-refractivity contribution >= 4 is 24.5 Å². The SMILES string of the molecule is COC(=O)c1cc(C)c(C=O)c(C)c1.Cc1cc(C(=O)O)cc(C)c1C=O. The van der Waals surface area contributed by atoms with Crippen molar-refractivity contribution in [3.8, 4) is 0 Å². The van der Waals surface area contributed by atoms with Crippen LogP contribution in [-0.2, 0) is 4.74 Å². The van der Waals surface area contributed by atoms with Gasteiger partial charge in [-0.25, -0.2) is 9.59 Å². The molecule has 2 aromatic carbocycles. The van der Waals surface area contributed by atoms with Crippen molar-refractivity contribution < 1.29 is 29.0 Å². The minimum absolute atomic E-state index is 0.223. The molecule has 0 atom stereocenters.